The zero-order chi connectivity index (χ0) is 14.6. The van der Waals surface area contributed by atoms with Crippen molar-refractivity contribution < 1.29 is 20.1 Å². The minimum Gasteiger partial charge on any atom is -0.510 e. The van der Waals surface area contributed by atoms with E-state index in [1.165, 1.54) is 22.3 Å². The summed E-state index contributed by atoms with van der Waals surface area (Å²) in [5.74, 6) is 0. The Hall–Kier alpha value is -1.57. The molecule has 0 N–H and O–H groups in total. The van der Waals surface area contributed by atoms with Crippen LogP contribution in [0.3, 0.4) is 0 Å². The van der Waals surface area contributed by atoms with Crippen LogP contribution in [0.2, 0.25) is 0 Å². The van der Waals surface area contributed by atoms with Gasteiger partial charge in [-0.05, 0) is 36.0 Å². The third-order valence-electron chi connectivity index (χ3n) is 4.52. The second-order valence-corrected chi connectivity index (χ2v) is 6.27. The first-order valence-electron chi connectivity index (χ1n) is 7.27. The smallest absolute Gasteiger partial charge is 0 e. The molecule has 0 fully saturated rings. The van der Waals surface area contributed by atoms with E-state index >= 15 is 0 Å². The quantitative estimate of drug-likeness (QED) is 0.583. The van der Waals surface area contributed by atoms with E-state index in [1.54, 1.807) is 0 Å². The molecule has 2 aromatic rings. The molecule has 22 heavy (non-hydrogen) atoms. The molecule has 3 heteroatoms. The predicted octanol–water partition coefficient (Wildman–Crippen LogP) is 4.13. The average molecular weight is 467 g/mol. The molecule has 1 aliphatic carbocycles. The maximum absolute atomic E-state index is 3.44. The molecule has 0 amide bonds. The molecule has 0 unspecified atom stereocenters. The number of hydrogen-bond acceptors (Lipinski definition) is 2. The van der Waals surface area contributed by atoms with Crippen molar-refractivity contribution in [1.29, 1.82) is 0 Å². The van der Waals surface area contributed by atoms with Gasteiger partial charge in [0.25, 0.3) is 0 Å². The Morgan fingerprint density at radius 3 is 2.55 bits per heavy atom. The van der Waals surface area contributed by atoms with Gasteiger partial charge in [0, 0.05) is 20.1 Å². The van der Waals surface area contributed by atoms with Crippen LogP contribution in [-0.4, -0.2) is 11.9 Å². The van der Waals surface area contributed by atoms with Gasteiger partial charge in [-0.3, -0.25) is 0 Å². The molecule has 1 heterocycles. The molecular formula is C19H18IrN2-2. The Morgan fingerprint density at radius 2 is 1.82 bits per heavy atom. The van der Waals surface area contributed by atoms with Crippen LogP contribution in [0.5, 0.6) is 0 Å². The van der Waals surface area contributed by atoms with Crippen LogP contribution in [0.4, 0.5) is 5.69 Å². The summed E-state index contributed by atoms with van der Waals surface area (Å²) in [7, 11) is 2.04. The number of benzene rings is 2. The van der Waals surface area contributed by atoms with Crippen LogP contribution >= 0.6 is 0 Å². The third kappa shape index (κ3) is 2.04. The van der Waals surface area contributed by atoms with Crippen molar-refractivity contribution in [2.75, 3.05) is 11.9 Å². The van der Waals surface area contributed by atoms with E-state index in [1.807, 2.05) is 13.1 Å². The van der Waals surface area contributed by atoms with Crippen molar-refractivity contribution in [2.45, 2.75) is 19.3 Å². The van der Waals surface area contributed by atoms with E-state index in [0.717, 1.165) is 5.69 Å². The maximum Gasteiger partial charge on any atom is 0 e. The maximum atomic E-state index is 3.44. The number of nitrogens with zero attached hydrogens (tertiary/aromatic N) is 2. The van der Waals surface area contributed by atoms with Gasteiger partial charge in [-0.1, -0.05) is 38.1 Å². The first-order valence-corrected chi connectivity index (χ1v) is 7.27. The fourth-order valence-corrected chi connectivity index (χ4v) is 3.53. The van der Waals surface area contributed by atoms with Crippen LogP contribution < -0.4 is 4.90 Å². The van der Waals surface area contributed by atoms with Gasteiger partial charge in [-0.2, -0.15) is 24.9 Å². The zero-order valence-electron chi connectivity index (χ0n) is 12.9. The first kappa shape index (κ1) is 15.3. The summed E-state index contributed by atoms with van der Waals surface area (Å²) in [4.78, 5) is 4.22. The second-order valence-electron chi connectivity index (χ2n) is 6.27. The summed E-state index contributed by atoms with van der Waals surface area (Å²) >= 11 is 0. The largest absolute Gasteiger partial charge is 0.510 e. The van der Waals surface area contributed by atoms with Gasteiger partial charge < -0.3 is 9.80 Å². The molecular weight excluding hydrogens is 448 g/mol. The molecule has 2 aromatic carbocycles. The Morgan fingerprint density at radius 1 is 1.05 bits per heavy atom. The van der Waals surface area contributed by atoms with Crippen molar-refractivity contribution in [3.63, 3.8) is 0 Å². The van der Waals surface area contributed by atoms with Crippen molar-refractivity contribution >= 4 is 5.69 Å². The molecule has 115 valence electrons. The Labute approximate surface area is 145 Å². The topological polar surface area (TPSA) is 6.48 Å². The molecule has 1 aliphatic heterocycles. The summed E-state index contributed by atoms with van der Waals surface area (Å²) in [6.07, 6.45) is 4.15. The molecule has 2 nitrogen and oxygen atoms in total. The van der Waals surface area contributed by atoms with Gasteiger partial charge in [-0.25, -0.2) is 0 Å². The van der Waals surface area contributed by atoms with Crippen molar-refractivity contribution in [3.8, 4) is 11.1 Å². The monoisotopic (exact) mass is 467 g/mol. The fourth-order valence-electron chi connectivity index (χ4n) is 3.53. The molecule has 0 saturated carbocycles. The standard InChI is InChI=1S/C19H18N2.Ir/c1-19(2)16-9-5-4-7-14(16)15-8-6-10-17(18(15)19)21-12-11-20(3)13-21;/h4-9,11-13H,1-3H3;/q-2;. The van der Waals surface area contributed by atoms with Crippen LogP contribution in [0, 0.1) is 12.7 Å². The van der Waals surface area contributed by atoms with Crippen LogP contribution in [-0.2, 0) is 25.5 Å². The normalized spacial score (nSPS) is 17.2. The van der Waals surface area contributed by atoms with Crippen molar-refractivity contribution in [2.24, 2.45) is 0 Å². The molecule has 0 spiro atoms. The van der Waals surface area contributed by atoms with E-state index < -0.39 is 0 Å². The predicted molar refractivity (Wildman–Crippen MR) is 86.5 cm³/mol. The zero-order valence-corrected chi connectivity index (χ0v) is 15.3. The molecule has 0 atom stereocenters. The van der Waals surface area contributed by atoms with Gasteiger partial charge in [0.2, 0.25) is 0 Å². The van der Waals surface area contributed by atoms with E-state index in [2.05, 4.69) is 79.1 Å². The van der Waals surface area contributed by atoms with E-state index in [9.17, 15) is 0 Å². The van der Waals surface area contributed by atoms with Gasteiger partial charge >= 0.3 is 0 Å². The molecule has 0 saturated heterocycles. The summed E-state index contributed by atoms with van der Waals surface area (Å²) in [5.41, 5.74) is 6.60. The van der Waals surface area contributed by atoms with Crippen molar-refractivity contribution in [3.05, 3.63) is 72.7 Å². The molecule has 4 rings (SSSR count). The van der Waals surface area contributed by atoms with Gasteiger partial charge in [0.1, 0.15) is 0 Å². The molecule has 0 bridgehead atoms. The number of rotatable bonds is 1. The van der Waals surface area contributed by atoms with Crippen LogP contribution in [0.15, 0.2) is 48.8 Å². The summed E-state index contributed by atoms with van der Waals surface area (Å²) in [5, 5.41) is 0. The molecule has 0 aromatic heterocycles. The SMILES string of the molecule is CN1C=CN(c2[c-]ccc3c2C(C)(C)c2ccccc2-3)[CH-]1.[Ir]. The van der Waals surface area contributed by atoms with Gasteiger partial charge in [0.05, 0.1) is 0 Å². The molecule has 2 aliphatic rings. The van der Waals surface area contributed by atoms with Crippen molar-refractivity contribution in [1.82, 2.24) is 4.90 Å². The second kappa shape index (κ2) is 5.26. The summed E-state index contributed by atoms with van der Waals surface area (Å²) < 4.78 is 0. The van der Waals surface area contributed by atoms with Crippen LogP contribution in [0.25, 0.3) is 11.1 Å². The number of anilines is 1. The van der Waals surface area contributed by atoms with Gasteiger partial charge in [-0.15, -0.1) is 16.8 Å². The third-order valence-corrected chi connectivity index (χ3v) is 4.52. The van der Waals surface area contributed by atoms with E-state index in [0.29, 0.717) is 0 Å². The Bertz CT molecular complexity index is 749. The summed E-state index contributed by atoms with van der Waals surface area (Å²) in [6.45, 7) is 6.70. The van der Waals surface area contributed by atoms with Crippen LogP contribution in [0.1, 0.15) is 25.0 Å². The first-order chi connectivity index (χ1) is 10.1. The van der Waals surface area contributed by atoms with Gasteiger partial charge in [0.15, 0.2) is 0 Å². The molecule has 1 radical (unpaired) electrons. The Balaban J connectivity index is 0.00000144. The minimum absolute atomic E-state index is 0. The summed E-state index contributed by atoms with van der Waals surface area (Å²) in [6, 6.07) is 16.4. The minimum atomic E-state index is 0. The number of fused-ring (bicyclic) bond motifs is 3. The average Bonchev–Trinajstić information content (AvgIpc) is 3.01. The Kier molecular flexibility index (Phi) is 3.66. The van der Waals surface area contributed by atoms with E-state index in [4.69, 9.17) is 0 Å². The fraction of sp³-hybridized carbons (Fsp3) is 0.211. The van der Waals surface area contributed by atoms with E-state index in [-0.39, 0.29) is 25.5 Å². The number of hydrogen-bond donors (Lipinski definition) is 0.